The molecular weight excluding hydrogens is 208 g/mol. The topological polar surface area (TPSA) is 72.8 Å². The van der Waals surface area contributed by atoms with Gasteiger partial charge in [0.15, 0.2) is 11.2 Å². The molecule has 1 fully saturated rings. The first-order valence-electron chi connectivity index (χ1n) is 5.31. The number of imidazole rings is 1. The van der Waals surface area contributed by atoms with Gasteiger partial charge < -0.3 is 9.72 Å². The summed E-state index contributed by atoms with van der Waals surface area (Å²) in [4.78, 5) is 22.2. The Morgan fingerprint density at radius 2 is 2.38 bits per heavy atom. The van der Waals surface area contributed by atoms with Gasteiger partial charge in [0.2, 0.25) is 0 Å². The number of hydrogen-bond acceptors (Lipinski definition) is 4. The predicted molar refractivity (Wildman–Crippen MR) is 57.0 cm³/mol. The van der Waals surface area contributed by atoms with Crippen molar-refractivity contribution in [2.75, 3.05) is 0 Å². The lowest BCUT2D eigenvalue weighted by molar-refractivity contribution is 0.0131. The first kappa shape index (κ1) is 9.53. The van der Waals surface area contributed by atoms with E-state index in [0.29, 0.717) is 11.2 Å². The third-order valence-corrected chi connectivity index (χ3v) is 2.88. The van der Waals surface area contributed by atoms with E-state index in [4.69, 9.17) is 4.74 Å². The molecule has 0 spiro atoms. The fraction of sp³-hybridized carbons (Fsp3) is 0.500. The molecule has 1 aliphatic rings. The van der Waals surface area contributed by atoms with Crippen molar-refractivity contribution in [2.45, 2.75) is 32.1 Å². The molecule has 2 atom stereocenters. The molecule has 6 heteroatoms. The summed E-state index contributed by atoms with van der Waals surface area (Å²) in [7, 11) is 0. The summed E-state index contributed by atoms with van der Waals surface area (Å²) in [5.41, 5.74) is 0.739. The predicted octanol–water partition coefficient (Wildman–Crippen LogP) is 0.817. The zero-order chi connectivity index (χ0) is 11.1. The van der Waals surface area contributed by atoms with Crippen LogP contribution in [0.2, 0.25) is 0 Å². The van der Waals surface area contributed by atoms with E-state index in [9.17, 15) is 4.79 Å². The molecule has 2 aromatic rings. The second-order valence-electron chi connectivity index (χ2n) is 4.03. The van der Waals surface area contributed by atoms with Crippen molar-refractivity contribution in [2.24, 2.45) is 0 Å². The van der Waals surface area contributed by atoms with E-state index in [2.05, 4.69) is 15.0 Å². The summed E-state index contributed by atoms with van der Waals surface area (Å²) < 4.78 is 7.55. The van der Waals surface area contributed by atoms with Gasteiger partial charge >= 0.3 is 0 Å². The van der Waals surface area contributed by atoms with Gasteiger partial charge in [-0.25, -0.2) is 9.97 Å². The molecular formula is C10H12N4O2. The molecule has 1 N–H and O–H groups in total. The Morgan fingerprint density at radius 3 is 3.12 bits per heavy atom. The summed E-state index contributed by atoms with van der Waals surface area (Å²) >= 11 is 0. The van der Waals surface area contributed by atoms with Crippen LogP contribution in [0, 0.1) is 0 Å². The number of nitrogens with one attached hydrogen (secondary N) is 1. The van der Waals surface area contributed by atoms with Gasteiger partial charge in [0.05, 0.1) is 18.8 Å². The molecule has 84 valence electrons. The van der Waals surface area contributed by atoms with Crippen LogP contribution >= 0.6 is 0 Å². The van der Waals surface area contributed by atoms with Gasteiger partial charge in [0.25, 0.3) is 5.56 Å². The number of H-pyrrole nitrogens is 1. The number of ether oxygens (including phenoxy) is 1. The van der Waals surface area contributed by atoms with Crippen LogP contribution in [0.4, 0.5) is 0 Å². The standard InChI is InChI=1S/C10H12N4O2/c1-6-2-3-7(16-6)14-5-13-8-9(14)11-4-12-10(8)15/h4-7H,2-3H2,1H3,(H,11,12,15). The third-order valence-electron chi connectivity index (χ3n) is 2.88. The molecule has 0 saturated carbocycles. The monoisotopic (exact) mass is 220 g/mol. The number of fused-ring (bicyclic) bond motifs is 1. The first-order chi connectivity index (χ1) is 7.75. The highest BCUT2D eigenvalue weighted by Crippen LogP contribution is 2.29. The Bertz CT molecular complexity index is 573. The minimum atomic E-state index is -0.213. The second kappa shape index (κ2) is 3.41. The number of rotatable bonds is 1. The van der Waals surface area contributed by atoms with Crippen LogP contribution in [0.3, 0.4) is 0 Å². The molecule has 0 bridgehead atoms. The lowest BCUT2D eigenvalue weighted by Crippen LogP contribution is -2.11. The Labute approximate surface area is 91.3 Å². The highest BCUT2D eigenvalue weighted by Gasteiger charge is 2.25. The SMILES string of the molecule is CC1CCC(n2cnc3c(=O)[nH]cnc32)O1. The van der Waals surface area contributed by atoms with Crippen LogP contribution in [0.1, 0.15) is 26.0 Å². The minimum absolute atomic E-state index is 0.0469. The van der Waals surface area contributed by atoms with Gasteiger partial charge in [-0.15, -0.1) is 0 Å². The summed E-state index contributed by atoms with van der Waals surface area (Å²) in [6, 6.07) is 0. The molecule has 1 aliphatic heterocycles. The average molecular weight is 220 g/mol. The highest BCUT2D eigenvalue weighted by molar-refractivity contribution is 5.68. The Hall–Kier alpha value is -1.69. The molecule has 0 radical (unpaired) electrons. The number of aromatic nitrogens is 4. The number of hydrogen-bond donors (Lipinski definition) is 1. The molecule has 2 aromatic heterocycles. The third kappa shape index (κ3) is 1.34. The van der Waals surface area contributed by atoms with Crippen LogP contribution in [-0.4, -0.2) is 25.6 Å². The van der Waals surface area contributed by atoms with Crippen molar-refractivity contribution < 1.29 is 4.74 Å². The fourth-order valence-corrected chi connectivity index (χ4v) is 2.06. The molecule has 2 unspecified atom stereocenters. The van der Waals surface area contributed by atoms with E-state index in [1.165, 1.54) is 6.33 Å². The van der Waals surface area contributed by atoms with Gasteiger partial charge in [-0.2, -0.15) is 0 Å². The van der Waals surface area contributed by atoms with Crippen molar-refractivity contribution in [3.05, 3.63) is 23.0 Å². The van der Waals surface area contributed by atoms with Crippen molar-refractivity contribution in [3.8, 4) is 0 Å². The molecule has 0 amide bonds. The Kier molecular flexibility index (Phi) is 2.03. The minimum Gasteiger partial charge on any atom is -0.355 e. The van der Waals surface area contributed by atoms with Gasteiger partial charge in [0, 0.05) is 0 Å². The van der Waals surface area contributed by atoms with Crippen LogP contribution in [0.15, 0.2) is 17.4 Å². The van der Waals surface area contributed by atoms with E-state index in [1.54, 1.807) is 6.33 Å². The van der Waals surface area contributed by atoms with Crippen LogP contribution in [0.5, 0.6) is 0 Å². The lowest BCUT2D eigenvalue weighted by atomic mass is 10.2. The van der Waals surface area contributed by atoms with Gasteiger partial charge in [0.1, 0.15) is 6.23 Å². The molecule has 3 heterocycles. The van der Waals surface area contributed by atoms with Crippen molar-refractivity contribution in [1.82, 2.24) is 19.5 Å². The first-order valence-corrected chi connectivity index (χ1v) is 5.31. The van der Waals surface area contributed by atoms with Crippen molar-refractivity contribution in [3.63, 3.8) is 0 Å². The summed E-state index contributed by atoms with van der Waals surface area (Å²) in [6.45, 7) is 2.04. The van der Waals surface area contributed by atoms with E-state index >= 15 is 0 Å². The number of aromatic amines is 1. The van der Waals surface area contributed by atoms with Crippen molar-refractivity contribution >= 4 is 11.2 Å². The van der Waals surface area contributed by atoms with E-state index in [0.717, 1.165) is 12.8 Å². The maximum Gasteiger partial charge on any atom is 0.278 e. The summed E-state index contributed by atoms with van der Waals surface area (Å²) in [6.07, 6.45) is 5.17. The van der Waals surface area contributed by atoms with E-state index in [1.807, 2.05) is 11.5 Å². The summed E-state index contributed by atoms with van der Waals surface area (Å²) in [5, 5.41) is 0. The quantitative estimate of drug-likeness (QED) is 0.772. The van der Waals surface area contributed by atoms with Crippen molar-refractivity contribution in [1.29, 1.82) is 0 Å². The maximum atomic E-state index is 11.5. The van der Waals surface area contributed by atoms with Gasteiger partial charge in [-0.3, -0.25) is 9.36 Å². The molecule has 0 aromatic carbocycles. The fourth-order valence-electron chi connectivity index (χ4n) is 2.06. The number of nitrogens with zero attached hydrogens (tertiary/aromatic N) is 3. The normalized spacial score (nSPS) is 25.3. The van der Waals surface area contributed by atoms with Gasteiger partial charge in [-0.05, 0) is 19.8 Å². The molecule has 0 aliphatic carbocycles. The van der Waals surface area contributed by atoms with Crippen LogP contribution < -0.4 is 5.56 Å². The second-order valence-corrected chi connectivity index (χ2v) is 4.03. The highest BCUT2D eigenvalue weighted by atomic mass is 16.5. The van der Waals surface area contributed by atoms with Crippen LogP contribution in [0.25, 0.3) is 11.2 Å². The van der Waals surface area contributed by atoms with E-state index < -0.39 is 0 Å². The zero-order valence-electron chi connectivity index (χ0n) is 8.88. The Balaban J connectivity index is 2.11. The largest absolute Gasteiger partial charge is 0.355 e. The zero-order valence-corrected chi connectivity index (χ0v) is 8.88. The molecule has 6 nitrogen and oxygen atoms in total. The molecule has 3 rings (SSSR count). The van der Waals surface area contributed by atoms with E-state index in [-0.39, 0.29) is 17.9 Å². The smallest absolute Gasteiger partial charge is 0.278 e. The average Bonchev–Trinajstić information content (AvgIpc) is 2.84. The lowest BCUT2D eigenvalue weighted by Gasteiger charge is -2.12. The van der Waals surface area contributed by atoms with Crippen LogP contribution in [-0.2, 0) is 4.74 Å². The van der Waals surface area contributed by atoms with Gasteiger partial charge in [-0.1, -0.05) is 0 Å². The summed E-state index contributed by atoms with van der Waals surface area (Å²) in [5.74, 6) is 0. The molecule has 16 heavy (non-hydrogen) atoms. The Morgan fingerprint density at radius 1 is 1.50 bits per heavy atom. The molecule has 1 saturated heterocycles. The maximum absolute atomic E-state index is 11.5.